The van der Waals surface area contributed by atoms with E-state index in [1.807, 2.05) is 6.07 Å². The van der Waals surface area contributed by atoms with E-state index in [0.29, 0.717) is 27.1 Å². The summed E-state index contributed by atoms with van der Waals surface area (Å²) < 4.78 is 1.53. The van der Waals surface area contributed by atoms with Crippen molar-refractivity contribution in [2.24, 2.45) is 0 Å². The van der Waals surface area contributed by atoms with Gasteiger partial charge in [0.15, 0.2) is 5.78 Å². The number of hydrogen-bond donors (Lipinski definition) is 1. The number of aromatic nitrogens is 4. The number of nitrogens with one attached hydrogen (secondary N) is 1. The highest BCUT2D eigenvalue weighted by Gasteiger charge is 2.20. The van der Waals surface area contributed by atoms with Gasteiger partial charge < -0.3 is 5.32 Å². The smallest absolute Gasteiger partial charge is 0.221 e. The number of Topliss-reactive ketones (excluding diaryl/α,β-unsaturated/α-hetero) is 1. The molecular weight excluding hydrogens is 386 g/mol. The molecule has 1 heterocycles. The number of halogens is 1. The Kier molecular flexibility index (Phi) is 5.88. The van der Waals surface area contributed by atoms with E-state index in [-0.39, 0.29) is 11.7 Å². The van der Waals surface area contributed by atoms with Crippen LogP contribution in [0.4, 0.5) is 5.69 Å². The fourth-order valence-electron chi connectivity index (χ4n) is 2.39. The van der Waals surface area contributed by atoms with Crippen molar-refractivity contribution in [1.82, 2.24) is 20.2 Å². The maximum Gasteiger partial charge on any atom is 0.221 e. The Bertz CT molecular complexity index is 974. The van der Waals surface area contributed by atoms with Gasteiger partial charge in [-0.25, -0.2) is 0 Å². The van der Waals surface area contributed by atoms with Gasteiger partial charge in [0.25, 0.3) is 0 Å². The number of tetrazole rings is 1. The molecule has 27 heavy (non-hydrogen) atoms. The van der Waals surface area contributed by atoms with Gasteiger partial charge >= 0.3 is 0 Å². The average Bonchev–Trinajstić information content (AvgIpc) is 3.09. The fraction of sp³-hybridized carbons (Fsp3) is 0.167. The molecule has 1 atom stereocenters. The lowest BCUT2D eigenvalue weighted by molar-refractivity contribution is -0.114. The third-order valence-electron chi connectivity index (χ3n) is 3.63. The van der Waals surface area contributed by atoms with Crippen molar-refractivity contribution in [1.29, 1.82) is 0 Å². The number of amides is 1. The Morgan fingerprint density at radius 3 is 2.63 bits per heavy atom. The lowest BCUT2D eigenvalue weighted by Gasteiger charge is -2.11. The molecule has 0 bridgehead atoms. The Morgan fingerprint density at radius 2 is 1.93 bits per heavy atom. The second-order valence-electron chi connectivity index (χ2n) is 5.74. The van der Waals surface area contributed by atoms with Crippen LogP contribution in [0.2, 0.25) is 5.02 Å². The van der Waals surface area contributed by atoms with Gasteiger partial charge in [-0.1, -0.05) is 29.4 Å². The van der Waals surface area contributed by atoms with Crippen molar-refractivity contribution in [2.45, 2.75) is 24.3 Å². The first kappa shape index (κ1) is 19.1. The highest BCUT2D eigenvalue weighted by Crippen LogP contribution is 2.26. The Balaban J connectivity index is 1.80. The second kappa shape index (κ2) is 8.32. The van der Waals surface area contributed by atoms with E-state index in [2.05, 4.69) is 20.8 Å². The van der Waals surface area contributed by atoms with E-state index in [1.54, 1.807) is 49.4 Å². The predicted octanol–water partition coefficient (Wildman–Crippen LogP) is 3.64. The van der Waals surface area contributed by atoms with Gasteiger partial charge in [0, 0.05) is 23.2 Å². The van der Waals surface area contributed by atoms with Crippen molar-refractivity contribution in [3.63, 3.8) is 0 Å². The van der Waals surface area contributed by atoms with Crippen molar-refractivity contribution >= 4 is 40.7 Å². The first-order valence-corrected chi connectivity index (χ1v) is 9.32. The van der Waals surface area contributed by atoms with Crippen molar-refractivity contribution in [3.05, 3.63) is 59.1 Å². The Morgan fingerprint density at radius 1 is 1.19 bits per heavy atom. The number of benzene rings is 2. The molecule has 0 saturated carbocycles. The summed E-state index contributed by atoms with van der Waals surface area (Å²) >= 11 is 7.13. The standard InChI is InChI=1S/C18H16ClN5O2S/c1-11(17(26)13-6-8-14(19)9-7-13)27-18-21-22-23-24(18)16-5-3-4-15(10-16)20-12(2)25/h3-11H,1-2H3,(H,20,25). The fourth-order valence-corrected chi connectivity index (χ4v) is 3.40. The topological polar surface area (TPSA) is 89.8 Å². The number of carbonyl (C=O) groups excluding carboxylic acids is 2. The van der Waals surface area contributed by atoms with Gasteiger partial charge in [-0.2, -0.15) is 4.68 Å². The van der Waals surface area contributed by atoms with Gasteiger partial charge in [0.05, 0.1) is 10.9 Å². The summed E-state index contributed by atoms with van der Waals surface area (Å²) in [7, 11) is 0. The van der Waals surface area contributed by atoms with E-state index in [9.17, 15) is 9.59 Å². The van der Waals surface area contributed by atoms with E-state index in [0.717, 1.165) is 0 Å². The van der Waals surface area contributed by atoms with Crippen LogP contribution in [0.3, 0.4) is 0 Å². The lowest BCUT2D eigenvalue weighted by Crippen LogP contribution is -2.14. The van der Waals surface area contributed by atoms with Crippen LogP contribution < -0.4 is 5.32 Å². The van der Waals surface area contributed by atoms with Gasteiger partial charge in [-0.05, 0) is 59.8 Å². The van der Waals surface area contributed by atoms with Gasteiger partial charge in [0.2, 0.25) is 11.1 Å². The minimum Gasteiger partial charge on any atom is -0.326 e. The van der Waals surface area contributed by atoms with Gasteiger partial charge in [0.1, 0.15) is 0 Å². The van der Waals surface area contributed by atoms with Crippen molar-refractivity contribution in [3.8, 4) is 5.69 Å². The molecular formula is C18H16ClN5O2S. The zero-order valence-corrected chi connectivity index (χ0v) is 16.2. The largest absolute Gasteiger partial charge is 0.326 e. The molecule has 1 amide bonds. The van der Waals surface area contributed by atoms with Gasteiger partial charge in [-0.15, -0.1) is 5.10 Å². The number of rotatable bonds is 6. The molecule has 2 aromatic carbocycles. The number of anilines is 1. The molecule has 0 radical (unpaired) electrons. The molecule has 7 nitrogen and oxygen atoms in total. The minimum atomic E-state index is -0.394. The molecule has 0 aliphatic carbocycles. The zero-order chi connectivity index (χ0) is 19.4. The van der Waals surface area contributed by atoms with E-state index < -0.39 is 5.25 Å². The summed E-state index contributed by atoms with van der Waals surface area (Å²) in [5.74, 6) is -0.209. The molecule has 0 fully saturated rings. The third kappa shape index (κ3) is 4.72. The molecule has 1 unspecified atom stereocenters. The summed E-state index contributed by atoms with van der Waals surface area (Å²) in [6, 6.07) is 13.9. The van der Waals surface area contributed by atoms with Crippen molar-refractivity contribution < 1.29 is 9.59 Å². The Hall–Kier alpha value is -2.71. The first-order chi connectivity index (χ1) is 12.9. The van der Waals surface area contributed by atoms with Crippen LogP contribution in [0.5, 0.6) is 0 Å². The third-order valence-corrected chi connectivity index (χ3v) is 4.92. The van der Waals surface area contributed by atoms with E-state index >= 15 is 0 Å². The van der Waals surface area contributed by atoms with Crippen LogP contribution in [0.1, 0.15) is 24.2 Å². The number of thioether (sulfide) groups is 1. The number of ketones is 1. The number of nitrogens with zero attached hydrogens (tertiary/aromatic N) is 4. The first-order valence-electron chi connectivity index (χ1n) is 8.07. The lowest BCUT2D eigenvalue weighted by atomic mass is 10.1. The van der Waals surface area contributed by atoms with E-state index in [4.69, 9.17) is 11.6 Å². The molecule has 3 rings (SSSR count). The molecule has 0 spiro atoms. The maximum atomic E-state index is 12.6. The molecule has 138 valence electrons. The summed E-state index contributed by atoms with van der Waals surface area (Å²) in [6.07, 6.45) is 0. The summed E-state index contributed by atoms with van der Waals surface area (Å²) in [5.41, 5.74) is 1.89. The number of carbonyl (C=O) groups is 2. The quantitative estimate of drug-likeness (QED) is 0.501. The monoisotopic (exact) mass is 401 g/mol. The molecule has 0 aliphatic rings. The molecule has 1 aromatic heterocycles. The molecule has 9 heteroatoms. The SMILES string of the molecule is CC(=O)Nc1cccc(-n2nnnc2SC(C)C(=O)c2ccc(Cl)cc2)c1. The number of hydrogen-bond acceptors (Lipinski definition) is 6. The van der Waals surface area contributed by atoms with Crippen LogP contribution in [-0.4, -0.2) is 37.1 Å². The highest BCUT2D eigenvalue weighted by atomic mass is 35.5. The van der Waals surface area contributed by atoms with Crippen LogP contribution in [0, 0.1) is 0 Å². The van der Waals surface area contributed by atoms with Crippen molar-refractivity contribution in [2.75, 3.05) is 5.32 Å². The molecule has 3 aromatic rings. The minimum absolute atomic E-state index is 0.0433. The summed E-state index contributed by atoms with van der Waals surface area (Å²) in [5, 5.41) is 15.1. The van der Waals surface area contributed by atoms with Crippen LogP contribution in [0.15, 0.2) is 53.7 Å². The molecule has 0 saturated heterocycles. The summed E-state index contributed by atoms with van der Waals surface area (Å²) in [4.78, 5) is 23.9. The second-order valence-corrected chi connectivity index (χ2v) is 7.48. The maximum absolute atomic E-state index is 12.6. The molecule has 1 N–H and O–H groups in total. The van der Waals surface area contributed by atoms with Crippen LogP contribution in [0.25, 0.3) is 5.69 Å². The predicted molar refractivity (Wildman–Crippen MR) is 105 cm³/mol. The summed E-state index contributed by atoms with van der Waals surface area (Å²) in [6.45, 7) is 3.24. The Labute approximate surface area is 165 Å². The zero-order valence-electron chi connectivity index (χ0n) is 14.6. The van der Waals surface area contributed by atoms with Crippen LogP contribution in [-0.2, 0) is 4.79 Å². The average molecular weight is 402 g/mol. The highest BCUT2D eigenvalue weighted by molar-refractivity contribution is 8.00. The van der Waals surface area contributed by atoms with Gasteiger partial charge in [-0.3, -0.25) is 9.59 Å². The van der Waals surface area contributed by atoms with E-state index in [1.165, 1.54) is 23.4 Å². The van der Waals surface area contributed by atoms with Crippen LogP contribution >= 0.6 is 23.4 Å². The normalized spacial score (nSPS) is 11.8. The molecule has 0 aliphatic heterocycles.